The molecule has 0 N–H and O–H groups in total. The van der Waals surface area contributed by atoms with E-state index in [1.54, 1.807) is 0 Å². The molecular weight excluding hydrogens is 160 g/mol. The van der Waals surface area contributed by atoms with Crippen LogP contribution in [0, 0.1) is 5.92 Å². The van der Waals surface area contributed by atoms with Crippen molar-refractivity contribution in [2.24, 2.45) is 13.0 Å². The number of aryl methyl sites for hydroxylation is 1. The van der Waals surface area contributed by atoms with Crippen LogP contribution in [0.3, 0.4) is 0 Å². The van der Waals surface area contributed by atoms with Crippen LogP contribution in [-0.4, -0.2) is 9.55 Å². The minimum Gasteiger partial charge on any atom is -0.340 e. The van der Waals surface area contributed by atoms with Crippen molar-refractivity contribution in [1.29, 1.82) is 0 Å². The third-order valence-corrected chi connectivity index (χ3v) is 3.09. The topological polar surface area (TPSA) is 17.8 Å². The van der Waals surface area contributed by atoms with Crippen molar-refractivity contribution in [3.8, 4) is 0 Å². The first-order valence-corrected chi connectivity index (χ1v) is 4.66. The molecule has 2 unspecified atom stereocenters. The van der Waals surface area contributed by atoms with Crippen molar-refractivity contribution in [3.05, 3.63) is 42.5 Å². The van der Waals surface area contributed by atoms with Crippen LogP contribution >= 0.6 is 0 Å². The van der Waals surface area contributed by atoms with Gasteiger partial charge in [-0.1, -0.05) is 24.3 Å². The quantitative estimate of drug-likeness (QED) is 0.631. The van der Waals surface area contributed by atoms with Crippen LogP contribution in [0.25, 0.3) is 0 Å². The van der Waals surface area contributed by atoms with E-state index in [4.69, 9.17) is 0 Å². The molecule has 2 aliphatic carbocycles. The third kappa shape index (κ3) is 0.857. The monoisotopic (exact) mass is 172 g/mol. The maximum atomic E-state index is 4.43. The van der Waals surface area contributed by atoms with Crippen molar-refractivity contribution < 1.29 is 0 Å². The largest absolute Gasteiger partial charge is 0.340 e. The van der Waals surface area contributed by atoms with Gasteiger partial charge in [0.05, 0.1) is 12.0 Å². The Kier molecular flexibility index (Phi) is 1.17. The maximum Gasteiger partial charge on any atom is 0.0947 e. The Hall–Kier alpha value is -1.31. The lowest BCUT2D eigenvalue weighted by atomic mass is 9.96. The fourth-order valence-corrected chi connectivity index (χ4v) is 2.19. The van der Waals surface area contributed by atoms with Gasteiger partial charge in [-0.3, -0.25) is 0 Å². The Labute approximate surface area is 77.6 Å². The van der Waals surface area contributed by atoms with Gasteiger partial charge < -0.3 is 4.57 Å². The summed E-state index contributed by atoms with van der Waals surface area (Å²) in [5.74, 6) is 0.701. The lowest BCUT2D eigenvalue weighted by molar-refractivity contribution is 0.785. The van der Waals surface area contributed by atoms with E-state index in [2.05, 4.69) is 35.5 Å². The molecule has 0 radical (unpaired) electrons. The average molecular weight is 172 g/mol. The van der Waals surface area contributed by atoms with E-state index in [0.717, 1.165) is 0 Å². The maximum absolute atomic E-state index is 4.43. The summed E-state index contributed by atoms with van der Waals surface area (Å²) in [4.78, 5) is 4.43. The van der Waals surface area contributed by atoms with Gasteiger partial charge in [-0.25, -0.2) is 4.98 Å². The normalized spacial score (nSPS) is 34.7. The van der Waals surface area contributed by atoms with E-state index < -0.39 is 0 Å². The molecular formula is C11H12N2. The summed E-state index contributed by atoms with van der Waals surface area (Å²) in [6.07, 6.45) is 14.1. The minimum atomic E-state index is 0.260. The summed E-state index contributed by atoms with van der Waals surface area (Å²) >= 11 is 0. The number of fused-ring (bicyclic) bond motifs is 1. The molecule has 0 saturated heterocycles. The number of hydrogen-bond donors (Lipinski definition) is 0. The molecule has 2 atom stereocenters. The van der Waals surface area contributed by atoms with Gasteiger partial charge in [0.2, 0.25) is 0 Å². The molecule has 0 spiro atoms. The van der Waals surface area contributed by atoms with Crippen molar-refractivity contribution >= 4 is 0 Å². The highest BCUT2D eigenvalue weighted by Crippen LogP contribution is 2.56. The first kappa shape index (κ1) is 7.13. The average Bonchev–Trinajstić information content (AvgIpc) is 2.74. The highest BCUT2D eigenvalue weighted by Gasteiger charge is 2.54. The second-order valence-corrected chi connectivity index (χ2v) is 4.02. The SMILES string of the molecule is Cn1cnc(C23C=CC=CC2C3)c1. The molecule has 1 saturated carbocycles. The van der Waals surface area contributed by atoms with Gasteiger partial charge in [0, 0.05) is 18.7 Å². The summed E-state index contributed by atoms with van der Waals surface area (Å²) in [6, 6.07) is 0. The number of hydrogen-bond acceptors (Lipinski definition) is 1. The van der Waals surface area contributed by atoms with Crippen molar-refractivity contribution in [1.82, 2.24) is 9.55 Å². The van der Waals surface area contributed by atoms with Gasteiger partial charge in [-0.2, -0.15) is 0 Å². The van der Waals surface area contributed by atoms with Crippen molar-refractivity contribution in [2.45, 2.75) is 11.8 Å². The molecule has 3 rings (SSSR count). The molecule has 0 aliphatic heterocycles. The second kappa shape index (κ2) is 2.13. The second-order valence-electron chi connectivity index (χ2n) is 4.02. The molecule has 1 heterocycles. The van der Waals surface area contributed by atoms with Crippen LogP contribution in [-0.2, 0) is 12.5 Å². The highest BCUT2D eigenvalue weighted by atomic mass is 15.0. The summed E-state index contributed by atoms with van der Waals surface area (Å²) in [7, 11) is 2.02. The standard InChI is InChI=1S/C11H12N2/c1-13-7-10(12-8-13)11-5-3-2-4-9(11)6-11/h2-5,7-9H,6H2,1H3. The van der Waals surface area contributed by atoms with Gasteiger partial charge >= 0.3 is 0 Å². The molecule has 1 aromatic rings. The van der Waals surface area contributed by atoms with E-state index in [-0.39, 0.29) is 5.41 Å². The fourth-order valence-electron chi connectivity index (χ4n) is 2.19. The molecule has 1 fully saturated rings. The van der Waals surface area contributed by atoms with Gasteiger partial charge in [0.15, 0.2) is 0 Å². The van der Waals surface area contributed by atoms with Crippen LogP contribution in [0.4, 0.5) is 0 Å². The zero-order valence-corrected chi connectivity index (χ0v) is 7.64. The number of rotatable bonds is 1. The molecule has 0 amide bonds. The predicted molar refractivity (Wildman–Crippen MR) is 51.3 cm³/mol. The van der Waals surface area contributed by atoms with Gasteiger partial charge in [0.25, 0.3) is 0 Å². The molecule has 2 heteroatoms. The highest BCUT2D eigenvalue weighted by molar-refractivity contribution is 5.42. The van der Waals surface area contributed by atoms with Gasteiger partial charge in [-0.05, 0) is 12.3 Å². The Bertz CT molecular complexity index is 400. The van der Waals surface area contributed by atoms with Crippen molar-refractivity contribution in [2.75, 3.05) is 0 Å². The number of nitrogens with zero attached hydrogens (tertiary/aromatic N) is 2. The van der Waals surface area contributed by atoms with Gasteiger partial charge in [-0.15, -0.1) is 0 Å². The smallest absolute Gasteiger partial charge is 0.0947 e. The van der Waals surface area contributed by atoms with Crippen LogP contribution in [0.2, 0.25) is 0 Å². The zero-order chi connectivity index (χ0) is 8.89. The van der Waals surface area contributed by atoms with E-state index in [1.807, 2.05) is 17.9 Å². The fraction of sp³-hybridized carbons (Fsp3) is 0.364. The summed E-state index contributed by atoms with van der Waals surface area (Å²) < 4.78 is 2.02. The van der Waals surface area contributed by atoms with Crippen LogP contribution in [0.1, 0.15) is 12.1 Å². The van der Waals surface area contributed by atoms with Crippen molar-refractivity contribution in [3.63, 3.8) is 0 Å². The zero-order valence-electron chi connectivity index (χ0n) is 7.64. The third-order valence-electron chi connectivity index (χ3n) is 3.09. The molecule has 0 bridgehead atoms. The minimum absolute atomic E-state index is 0.260. The Morgan fingerprint density at radius 2 is 2.46 bits per heavy atom. The van der Waals surface area contributed by atoms with E-state index in [9.17, 15) is 0 Å². The Balaban J connectivity index is 2.03. The number of imidazole rings is 1. The van der Waals surface area contributed by atoms with E-state index >= 15 is 0 Å². The molecule has 66 valence electrons. The Morgan fingerprint density at radius 1 is 1.54 bits per heavy atom. The van der Waals surface area contributed by atoms with Crippen LogP contribution in [0.15, 0.2) is 36.8 Å². The van der Waals surface area contributed by atoms with E-state index in [1.165, 1.54) is 12.1 Å². The first-order valence-electron chi connectivity index (χ1n) is 4.66. The molecule has 0 aromatic carbocycles. The predicted octanol–water partition coefficient (Wildman–Crippen LogP) is 1.80. The first-order chi connectivity index (χ1) is 6.31. The van der Waals surface area contributed by atoms with Gasteiger partial charge in [0.1, 0.15) is 0 Å². The summed E-state index contributed by atoms with van der Waals surface area (Å²) in [6.45, 7) is 0. The Morgan fingerprint density at radius 3 is 3.15 bits per heavy atom. The lowest BCUT2D eigenvalue weighted by Crippen LogP contribution is -2.07. The van der Waals surface area contributed by atoms with Crippen LogP contribution in [0.5, 0.6) is 0 Å². The van der Waals surface area contributed by atoms with E-state index in [0.29, 0.717) is 5.92 Å². The molecule has 1 aromatic heterocycles. The molecule has 2 aliphatic rings. The van der Waals surface area contributed by atoms with Crippen LogP contribution < -0.4 is 0 Å². The summed E-state index contributed by atoms with van der Waals surface area (Å²) in [5.41, 5.74) is 1.48. The molecule has 13 heavy (non-hydrogen) atoms. The molecule has 2 nitrogen and oxygen atoms in total. The number of allylic oxidation sites excluding steroid dienone is 4. The lowest BCUT2D eigenvalue weighted by Gasteiger charge is -2.09. The summed E-state index contributed by atoms with van der Waals surface area (Å²) in [5, 5.41) is 0. The number of aromatic nitrogens is 2.